The van der Waals surface area contributed by atoms with E-state index in [1.165, 1.54) is 12.8 Å². The van der Waals surface area contributed by atoms with Gasteiger partial charge in [-0.15, -0.1) is 0 Å². The highest BCUT2D eigenvalue weighted by atomic mass is 16.2. The van der Waals surface area contributed by atoms with E-state index in [0.717, 1.165) is 57.1 Å². The van der Waals surface area contributed by atoms with Crippen LogP contribution in [0.2, 0.25) is 0 Å². The fourth-order valence-electron chi connectivity index (χ4n) is 3.30. The van der Waals surface area contributed by atoms with Crippen LogP contribution in [0.1, 0.15) is 55.6 Å². The lowest BCUT2D eigenvalue weighted by Crippen LogP contribution is -2.36. The minimum atomic E-state index is 0.229. The number of rotatable bonds is 6. The summed E-state index contributed by atoms with van der Waals surface area (Å²) in [6.07, 6.45) is 7.94. The summed E-state index contributed by atoms with van der Waals surface area (Å²) in [4.78, 5) is 15.0. The lowest BCUT2D eigenvalue weighted by Gasteiger charge is -2.28. The van der Waals surface area contributed by atoms with E-state index in [0.29, 0.717) is 6.04 Å². The molecule has 1 aliphatic carbocycles. The largest absolute Gasteiger partial charge is 0.340 e. The second-order valence-electron chi connectivity index (χ2n) is 6.48. The van der Waals surface area contributed by atoms with Crippen molar-refractivity contribution in [2.24, 2.45) is 5.92 Å². The number of piperidine rings is 1. The highest BCUT2D eigenvalue weighted by Crippen LogP contribution is 2.30. The first-order valence-corrected chi connectivity index (χ1v) is 8.46. The van der Waals surface area contributed by atoms with Crippen molar-refractivity contribution in [2.45, 2.75) is 45.1 Å². The van der Waals surface area contributed by atoms with Gasteiger partial charge in [-0.1, -0.05) is 6.92 Å². The highest BCUT2D eigenvalue weighted by molar-refractivity contribution is 5.92. The number of amides is 1. The summed E-state index contributed by atoms with van der Waals surface area (Å²) in [5.41, 5.74) is 0.885. The molecular formula is C17H27N3O. The van der Waals surface area contributed by atoms with Gasteiger partial charge in [0.25, 0.3) is 5.91 Å². The average molecular weight is 289 g/mol. The smallest absolute Gasteiger partial charge is 0.270 e. The van der Waals surface area contributed by atoms with Gasteiger partial charge in [-0.3, -0.25) is 4.79 Å². The maximum atomic E-state index is 12.9. The minimum absolute atomic E-state index is 0.229. The second kappa shape index (κ2) is 6.65. The molecule has 1 saturated heterocycles. The van der Waals surface area contributed by atoms with Gasteiger partial charge in [-0.25, -0.2) is 0 Å². The van der Waals surface area contributed by atoms with Gasteiger partial charge >= 0.3 is 0 Å². The predicted molar refractivity (Wildman–Crippen MR) is 84.5 cm³/mol. The summed E-state index contributed by atoms with van der Waals surface area (Å²) in [6, 6.07) is 4.50. The monoisotopic (exact) mass is 289 g/mol. The Balaban J connectivity index is 1.74. The summed E-state index contributed by atoms with van der Waals surface area (Å²) in [7, 11) is 0. The number of nitrogens with zero attached hydrogens (tertiary/aromatic N) is 2. The van der Waals surface area contributed by atoms with Crippen LogP contribution in [0.5, 0.6) is 0 Å². The topological polar surface area (TPSA) is 37.3 Å². The Labute approximate surface area is 127 Å². The standard InChI is InChI=1S/C17H27N3O/c1-2-11-19(13-14-5-6-14)17(21)16-4-3-12-20(16)15-7-9-18-10-8-15/h3-4,12,14-15,18H,2,5-11,13H2,1H3. The van der Waals surface area contributed by atoms with Gasteiger partial charge in [-0.2, -0.15) is 0 Å². The van der Waals surface area contributed by atoms with E-state index in [1.54, 1.807) is 0 Å². The highest BCUT2D eigenvalue weighted by Gasteiger charge is 2.28. The predicted octanol–water partition coefficient (Wildman–Crippen LogP) is 2.67. The fourth-order valence-corrected chi connectivity index (χ4v) is 3.30. The summed E-state index contributed by atoms with van der Waals surface area (Å²) in [6.45, 7) is 6.09. The molecule has 3 rings (SSSR count). The number of carbonyl (C=O) groups excluding carboxylic acids is 1. The number of hydrogen-bond acceptors (Lipinski definition) is 2. The molecule has 1 aromatic rings. The van der Waals surface area contributed by atoms with Gasteiger partial charge in [0.15, 0.2) is 0 Å². The molecule has 116 valence electrons. The molecule has 1 aromatic heterocycles. The SMILES string of the molecule is CCCN(CC1CC1)C(=O)c1cccn1C1CCNCC1. The molecule has 0 aromatic carbocycles. The van der Waals surface area contributed by atoms with Gasteiger partial charge in [0.2, 0.25) is 0 Å². The van der Waals surface area contributed by atoms with Crippen LogP contribution in [-0.2, 0) is 0 Å². The molecule has 0 spiro atoms. The number of carbonyl (C=O) groups is 1. The third-order valence-electron chi connectivity index (χ3n) is 4.66. The normalized spacial score (nSPS) is 19.7. The summed E-state index contributed by atoms with van der Waals surface area (Å²) in [5, 5.41) is 3.39. The molecule has 0 radical (unpaired) electrons. The third kappa shape index (κ3) is 3.49. The van der Waals surface area contributed by atoms with Crippen LogP contribution in [0, 0.1) is 5.92 Å². The van der Waals surface area contributed by atoms with Crippen LogP contribution < -0.4 is 5.32 Å². The Morgan fingerprint density at radius 3 is 2.76 bits per heavy atom. The van der Waals surface area contributed by atoms with Gasteiger partial charge < -0.3 is 14.8 Å². The van der Waals surface area contributed by atoms with E-state index < -0.39 is 0 Å². The quantitative estimate of drug-likeness (QED) is 0.874. The fraction of sp³-hybridized carbons (Fsp3) is 0.706. The summed E-state index contributed by atoms with van der Waals surface area (Å²) in [5.74, 6) is 0.982. The molecule has 1 N–H and O–H groups in total. The summed E-state index contributed by atoms with van der Waals surface area (Å²) < 4.78 is 2.22. The Morgan fingerprint density at radius 1 is 1.33 bits per heavy atom. The molecule has 1 saturated carbocycles. The molecule has 1 aliphatic heterocycles. The molecule has 4 nitrogen and oxygen atoms in total. The molecule has 0 atom stereocenters. The molecule has 2 fully saturated rings. The van der Waals surface area contributed by atoms with E-state index in [1.807, 2.05) is 12.1 Å². The number of nitrogens with one attached hydrogen (secondary N) is 1. The maximum Gasteiger partial charge on any atom is 0.270 e. The zero-order chi connectivity index (χ0) is 14.7. The third-order valence-corrected chi connectivity index (χ3v) is 4.66. The molecule has 2 heterocycles. The van der Waals surface area contributed by atoms with Crippen LogP contribution in [0.15, 0.2) is 18.3 Å². The first kappa shape index (κ1) is 14.6. The molecule has 0 bridgehead atoms. The molecular weight excluding hydrogens is 262 g/mol. The zero-order valence-electron chi connectivity index (χ0n) is 13.1. The van der Waals surface area contributed by atoms with E-state index >= 15 is 0 Å². The number of hydrogen-bond donors (Lipinski definition) is 1. The Morgan fingerprint density at radius 2 is 2.10 bits per heavy atom. The first-order valence-electron chi connectivity index (χ1n) is 8.46. The lowest BCUT2D eigenvalue weighted by atomic mass is 10.1. The van der Waals surface area contributed by atoms with Crippen LogP contribution in [0.25, 0.3) is 0 Å². The molecule has 4 heteroatoms. The van der Waals surface area contributed by atoms with Gasteiger partial charge in [0.1, 0.15) is 5.69 Å². The van der Waals surface area contributed by atoms with Crippen LogP contribution >= 0.6 is 0 Å². The molecule has 2 aliphatic rings. The van der Waals surface area contributed by atoms with Gasteiger partial charge in [0.05, 0.1) is 0 Å². The van der Waals surface area contributed by atoms with E-state index in [9.17, 15) is 4.79 Å². The molecule has 0 unspecified atom stereocenters. The van der Waals surface area contributed by atoms with E-state index in [2.05, 4.69) is 27.9 Å². The molecule has 1 amide bonds. The van der Waals surface area contributed by atoms with Crippen LogP contribution in [0.3, 0.4) is 0 Å². The lowest BCUT2D eigenvalue weighted by molar-refractivity contribution is 0.0733. The van der Waals surface area contributed by atoms with E-state index in [-0.39, 0.29) is 5.91 Å². The van der Waals surface area contributed by atoms with Crippen LogP contribution in [-0.4, -0.2) is 41.6 Å². The van der Waals surface area contributed by atoms with Crippen molar-refractivity contribution in [1.82, 2.24) is 14.8 Å². The van der Waals surface area contributed by atoms with Gasteiger partial charge in [-0.05, 0) is 63.2 Å². The van der Waals surface area contributed by atoms with Crippen molar-refractivity contribution in [1.29, 1.82) is 0 Å². The Hall–Kier alpha value is -1.29. The van der Waals surface area contributed by atoms with Crippen molar-refractivity contribution in [3.63, 3.8) is 0 Å². The second-order valence-corrected chi connectivity index (χ2v) is 6.48. The number of aromatic nitrogens is 1. The Kier molecular flexibility index (Phi) is 4.63. The van der Waals surface area contributed by atoms with Crippen molar-refractivity contribution in [3.8, 4) is 0 Å². The van der Waals surface area contributed by atoms with E-state index in [4.69, 9.17) is 0 Å². The van der Waals surface area contributed by atoms with Crippen molar-refractivity contribution in [2.75, 3.05) is 26.2 Å². The van der Waals surface area contributed by atoms with Crippen molar-refractivity contribution >= 4 is 5.91 Å². The minimum Gasteiger partial charge on any atom is -0.340 e. The maximum absolute atomic E-state index is 12.9. The van der Waals surface area contributed by atoms with Crippen molar-refractivity contribution < 1.29 is 4.79 Å². The van der Waals surface area contributed by atoms with Crippen molar-refractivity contribution in [3.05, 3.63) is 24.0 Å². The first-order chi connectivity index (χ1) is 10.3. The molecule has 21 heavy (non-hydrogen) atoms. The average Bonchev–Trinajstić information content (AvgIpc) is 3.20. The zero-order valence-corrected chi connectivity index (χ0v) is 13.1. The van der Waals surface area contributed by atoms with Crippen LogP contribution in [0.4, 0.5) is 0 Å². The van der Waals surface area contributed by atoms with Gasteiger partial charge in [0, 0.05) is 25.3 Å². The summed E-state index contributed by atoms with van der Waals surface area (Å²) >= 11 is 0. The Bertz CT molecular complexity index is 472.